The van der Waals surface area contributed by atoms with Gasteiger partial charge in [-0.15, -0.1) is 0 Å². The molecule has 0 spiro atoms. The molecule has 0 aliphatic carbocycles. The maximum absolute atomic E-state index is 13.1. The van der Waals surface area contributed by atoms with Crippen LogP contribution in [-0.4, -0.2) is 80.4 Å². The van der Waals surface area contributed by atoms with Crippen LogP contribution >= 0.6 is 0 Å². The molecule has 0 aliphatic rings. The number of carbonyl (C=O) groups is 3. The van der Waals surface area contributed by atoms with Gasteiger partial charge < -0.3 is 15.7 Å². The number of carbonyl (C=O) groups excluding carboxylic acids is 2. The van der Waals surface area contributed by atoms with Gasteiger partial charge in [-0.25, -0.2) is 9.61 Å². The lowest BCUT2D eigenvalue weighted by molar-refractivity contribution is -0.140. The van der Waals surface area contributed by atoms with Crippen LogP contribution in [-0.2, 0) is 20.9 Å². The van der Waals surface area contributed by atoms with Gasteiger partial charge >= 0.3 is 5.97 Å². The van der Waals surface area contributed by atoms with Gasteiger partial charge in [0.05, 0.1) is 32.2 Å². The fourth-order valence-electron chi connectivity index (χ4n) is 3.50. The van der Waals surface area contributed by atoms with Gasteiger partial charge in [0, 0.05) is 12.4 Å². The summed E-state index contributed by atoms with van der Waals surface area (Å²) in [5.41, 5.74) is 0.454. The normalized spacial score (nSPS) is 12.8. The van der Waals surface area contributed by atoms with Crippen molar-refractivity contribution in [2.24, 2.45) is 0 Å². The van der Waals surface area contributed by atoms with Crippen molar-refractivity contribution in [1.29, 1.82) is 0 Å². The molecule has 0 radical (unpaired) electrons. The first-order chi connectivity index (χ1) is 17.2. The first kappa shape index (κ1) is 28.6. The standard InChI is InChI=1S/C22H32FN7O6/c1-4-17(30-10-8-24-20(22(30)35)25-12-16-14(2)27-36-28-16)21(34)26-15(11-19(32)33)18(31)13-29(3)9-6-5-7-23/h8,10,15,17H,4-7,9,11-13H2,1-3H3,(H,24,25)(H,26,34)(H,32,33). The molecule has 2 aromatic rings. The molecule has 0 aromatic carbocycles. The molecule has 0 saturated heterocycles. The number of amides is 1. The minimum atomic E-state index is -1.29. The van der Waals surface area contributed by atoms with Crippen molar-refractivity contribution in [2.75, 3.05) is 32.1 Å². The van der Waals surface area contributed by atoms with Crippen molar-refractivity contribution in [2.45, 2.75) is 58.2 Å². The maximum Gasteiger partial charge on any atom is 0.305 e. The Morgan fingerprint density at radius 2 is 2.03 bits per heavy atom. The first-order valence-corrected chi connectivity index (χ1v) is 11.6. The van der Waals surface area contributed by atoms with Crippen LogP contribution in [0.1, 0.15) is 50.0 Å². The highest BCUT2D eigenvalue weighted by atomic mass is 19.1. The van der Waals surface area contributed by atoms with Crippen molar-refractivity contribution < 1.29 is 28.5 Å². The Morgan fingerprint density at radius 3 is 2.64 bits per heavy atom. The Kier molecular flexibility index (Phi) is 11.1. The van der Waals surface area contributed by atoms with E-state index in [9.17, 15) is 28.7 Å². The number of nitrogens with zero attached hydrogens (tertiary/aromatic N) is 5. The molecule has 13 nitrogen and oxygen atoms in total. The van der Waals surface area contributed by atoms with Crippen LogP contribution in [0.15, 0.2) is 21.8 Å². The highest BCUT2D eigenvalue weighted by molar-refractivity contribution is 5.93. The summed E-state index contributed by atoms with van der Waals surface area (Å²) in [6.45, 7) is 3.38. The summed E-state index contributed by atoms with van der Waals surface area (Å²) in [6.07, 6.45) is 3.18. The maximum atomic E-state index is 13.1. The number of Topliss-reactive ketones (excluding diaryl/α,β-unsaturated/α-hetero) is 1. The van der Waals surface area contributed by atoms with Crippen molar-refractivity contribution in [1.82, 2.24) is 30.1 Å². The van der Waals surface area contributed by atoms with Gasteiger partial charge in [0.15, 0.2) is 11.6 Å². The first-order valence-electron chi connectivity index (χ1n) is 11.6. The number of carboxylic acids is 1. The number of hydrogen-bond acceptors (Lipinski definition) is 10. The van der Waals surface area contributed by atoms with Gasteiger partial charge in [0.25, 0.3) is 5.56 Å². The van der Waals surface area contributed by atoms with E-state index >= 15 is 0 Å². The molecule has 3 N–H and O–H groups in total. The van der Waals surface area contributed by atoms with Crippen LogP contribution in [0.5, 0.6) is 0 Å². The molecule has 0 bridgehead atoms. The molecular weight excluding hydrogens is 477 g/mol. The Morgan fingerprint density at radius 1 is 1.28 bits per heavy atom. The van der Waals surface area contributed by atoms with E-state index in [1.54, 1.807) is 25.8 Å². The van der Waals surface area contributed by atoms with E-state index in [1.807, 2.05) is 0 Å². The second-order valence-electron chi connectivity index (χ2n) is 8.32. The van der Waals surface area contributed by atoms with Gasteiger partial charge in [-0.2, -0.15) is 0 Å². The summed E-state index contributed by atoms with van der Waals surface area (Å²) in [5, 5.41) is 22.0. The minimum absolute atomic E-state index is 0.0285. The number of ketones is 1. The Hall–Kier alpha value is -3.68. The van der Waals surface area contributed by atoms with E-state index in [2.05, 4.69) is 30.6 Å². The van der Waals surface area contributed by atoms with E-state index < -0.39 is 48.4 Å². The summed E-state index contributed by atoms with van der Waals surface area (Å²) in [5.74, 6) is -2.46. The predicted octanol–water partition coefficient (Wildman–Crippen LogP) is 0.708. The second-order valence-corrected chi connectivity index (χ2v) is 8.32. The molecule has 36 heavy (non-hydrogen) atoms. The number of aliphatic carboxylic acids is 1. The Bertz CT molecular complexity index is 1090. The zero-order chi connectivity index (χ0) is 26.7. The number of likely N-dealkylation sites (N-methyl/N-ethyl adjacent to an activating group) is 1. The molecule has 198 valence electrons. The monoisotopic (exact) mass is 509 g/mol. The highest BCUT2D eigenvalue weighted by Gasteiger charge is 2.29. The fourth-order valence-corrected chi connectivity index (χ4v) is 3.50. The summed E-state index contributed by atoms with van der Waals surface area (Å²) >= 11 is 0. The number of hydrogen-bond donors (Lipinski definition) is 3. The van der Waals surface area contributed by atoms with Crippen molar-refractivity contribution in [3.8, 4) is 0 Å². The van der Waals surface area contributed by atoms with E-state index in [1.165, 1.54) is 17.0 Å². The van der Waals surface area contributed by atoms with Gasteiger partial charge in [0.1, 0.15) is 17.4 Å². The van der Waals surface area contributed by atoms with Crippen LogP contribution < -0.4 is 16.2 Å². The number of alkyl halides is 1. The fraction of sp³-hybridized carbons (Fsp3) is 0.591. The van der Waals surface area contributed by atoms with E-state index in [0.29, 0.717) is 30.8 Å². The lowest BCUT2D eigenvalue weighted by Gasteiger charge is -2.24. The SMILES string of the molecule is CCC(C(=O)NC(CC(=O)O)C(=O)CN(C)CCCCF)n1ccnc(NCc2nonc2C)c1=O. The Balaban J connectivity index is 2.14. The van der Waals surface area contributed by atoms with Crippen LogP contribution in [0.3, 0.4) is 0 Å². The third-order valence-electron chi connectivity index (χ3n) is 5.50. The van der Waals surface area contributed by atoms with Gasteiger partial charge in [-0.3, -0.25) is 33.0 Å². The van der Waals surface area contributed by atoms with E-state index in [4.69, 9.17) is 0 Å². The molecule has 2 unspecified atom stereocenters. The number of halogens is 1. The quantitative estimate of drug-likeness (QED) is 0.272. The molecule has 0 fully saturated rings. The average molecular weight is 510 g/mol. The topological polar surface area (TPSA) is 173 Å². The predicted molar refractivity (Wildman–Crippen MR) is 126 cm³/mol. The third-order valence-corrected chi connectivity index (χ3v) is 5.50. The second kappa shape index (κ2) is 14.0. The third kappa shape index (κ3) is 8.22. The Labute approximate surface area is 207 Å². The summed E-state index contributed by atoms with van der Waals surface area (Å²) in [7, 11) is 1.66. The van der Waals surface area contributed by atoms with Gasteiger partial charge in [0.2, 0.25) is 5.91 Å². The number of unbranched alkanes of at least 4 members (excludes halogenated alkanes) is 1. The van der Waals surface area contributed by atoms with E-state index in [-0.39, 0.29) is 25.3 Å². The molecule has 1 amide bonds. The molecule has 2 heterocycles. The van der Waals surface area contributed by atoms with Crippen molar-refractivity contribution in [3.63, 3.8) is 0 Å². The highest BCUT2D eigenvalue weighted by Crippen LogP contribution is 2.12. The van der Waals surface area contributed by atoms with E-state index in [0.717, 1.165) is 0 Å². The minimum Gasteiger partial charge on any atom is -0.481 e. The summed E-state index contributed by atoms with van der Waals surface area (Å²) < 4.78 is 18.1. The lowest BCUT2D eigenvalue weighted by Crippen LogP contribution is -2.49. The zero-order valence-electron chi connectivity index (χ0n) is 20.6. The molecular formula is C22H32FN7O6. The summed E-state index contributed by atoms with van der Waals surface area (Å²) in [6, 6.07) is -2.30. The summed E-state index contributed by atoms with van der Waals surface area (Å²) in [4.78, 5) is 55.8. The van der Waals surface area contributed by atoms with Crippen LogP contribution in [0.4, 0.5) is 10.2 Å². The molecule has 2 atom stereocenters. The average Bonchev–Trinajstić information content (AvgIpc) is 3.23. The largest absolute Gasteiger partial charge is 0.481 e. The van der Waals surface area contributed by atoms with Crippen molar-refractivity contribution in [3.05, 3.63) is 34.1 Å². The molecule has 0 saturated carbocycles. The van der Waals surface area contributed by atoms with Crippen molar-refractivity contribution >= 4 is 23.5 Å². The lowest BCUT2D eigenvalue weighted by atomic mass is 10.1. The number of carboxylic acid groups (broad SMARTS) is 1. The van der Waals surface area contributed by atoms with Gasteiger partial charge in [-0.05, 0) is 39.8 Å². The van der Waals surface area contributed by atoms with Gasteiger partial charge in [-0.1, -0.05) is 17.2 Å². The number of anilines is 1. The number of aryl methyl sites for hydroxylation is 1. The number of aromatic nitrogens is 4. The zero-order valence-corrected chi connectivity index (χ0v) is 20.6. The molecule has 0 aliphatic heterocycles. The van der Waals surface area contributed by atoms with Crippen LogP contribution in [0, 0.1) is 6.92 Å². The number of rotatable bonds is 16. The molecule has 2 aromatic heterocycles. The van der Waals surface area contributed by atoms with Crippen LogP contribution in [0.2, 0.25) is 0 Å². The molecule has 2 rings (SSSR count). The smallest absolute Gasteiger partial charge is 0.305 e. The van der Waals surface area contributed by atoms with Crippen LogP contribution in [0.25, 0.3) is 0 Å². The molecule has 14 heteroatoms. The number of nitrogens with one attached hydrogen (secondary N) is 2.